The van der Waals surface area contributed by atoms with Crippen LogP contribution in [0, 0.1) is 0 Å². The van der Waals surface area contributed by atoms with E-state index in [0.717, 1.165) is 19.4 Å². The van der Waals surface area contributed by atoms with Gasteiger partial charge in [-0.25, -0.2) is 0 Å². The van der Waals surface area contributed by atoms with Gasteiger partial charge in [0.15, 0.2) is 5.69 Å². The third-order valence-electron chi connectivity index (χ3n) is 2.88. The largest absolute Gasteiger partial charge is 0.376 e. The van der Waals surface area contributed by atoms with Gasteiger partial charge in [-0.1, -0.05) is 0 Å². The number of aromatic nitrogens is 2. The molecule has 0 aliphatic carbocycles. The maximum absolute atomic E-state index is 12.0. The van der Waals surface area contributed by atoms with E-state index in [1.165, 1.54) is 0 Å². The van der Waals surface area contributed by atoms with Crippen molar-refractivity contribution in [2.24, 2.45) is 7.05 Å². The van der Waals surface area contributed by atoms with Crippen molar-refractivity contribution < 1.29 is 9.53 Å². The Hall–Kier alpha value is -0.880. The van der Waals surface area contributed by atoms with Crippen LogP contribution >= 0.6 is 15.9 Å². The van der Waals surface area contributed by atoms with E-state index >= 15 is 0 Å². The van der Waals surface area contributed by atoms with Crippen LogP contribution in [0.5, 0.6) is 0 Å². The van der Waals surface area contributed by atoms with E-state index < -0.39 is 0 Å². The summed E-state index contributed by atoms with van der Waals surface area (Å²) in [6.45, 7) is 2.75. The lowest BCUT2D eigenvalue weighted by molar-refractivity contribution is 0.0708. The van der Waals surface area contributed by atoms with Gasteiger partial charge in [0.25, 0.3) is 5.91 Å². The van der Waals surface area contributed by atoms with Crippen LogP contribution in [0.25, 0.3) is 0 Å². The first-order chi connectivity index (χ1) is 8.08. The Kier molecular flexibility index (Phi) is 3.83. The predicted molar refractivity (Wildman–Crippen MR) is 66.8 cm³/mol. The fourth-order valence-corrected chi connectivity index (χ4v) is 2.53. The number of nitrogens with one attached hydrogen (secondary N) is 1. The maximum Gasteiger partial charge on any atom is 0.273 e. The highest BCUT2D eigenvalue weighted by Crippen LogP contribution is 2.17. The Morgan fingerprint density at radius 2 is 2.53 bits per heavy atom. The number of hydrogen-bond donors (Lipinski definition) is 1. The summed E-state index contributed by atoms with van der Waals surface area (Å²) in [7, 11) is 1.78. The molecule has 1 aliphatic heterocycles. The summed E-state index contributed by atoms with van der Waals surface area (Å²) in [6.07, 6.45) is 3.95. The van der Waals surface area contributed by atoms with E-state index in [0.29, 0.717) is 10.2 Å². The summed E-state index contributed by atoms with van der Waals surface area (Å²) in [5, 5.41) is 7.03. The molecule has 0 saturated carbocycles. The first kappa shape index (κ1) is 12.6. The van der Waals surface area contributed by atoms with Crippen LogP contribution in [-0.4, -0.2) is 34.4 Å². The molecule has 0 spiro atoms. The van der Waals surface area contributed by atoms with E-state index in [4.69, 9.17) is 4.74 Å². The Bertz CT molecular complexity index is 413. The summed E-state index contributed by atoms with van der Waals surface area (Å²) in [6, 6.07) is 0.0129. The Balaban J connectivity index is 1.98. The lowest BCUT2D eigenvalue weighted by Gasteiger charge is -2.19. The van der Waals surface area contributed by atoms with Crippen molar-refractivity contribution >= 4 is 21.8 Å². The highest BCUT2D eigenvalue weighted by Gasteiger charge is 2.25. The van der Waals surface area contributed by atoms with E-state index in [-0.39, 0.29) is 18.1 Å². The minimum Gasteiger partial charge on any atom is -0.376 e. The number of aryl methyl sites for hydroxylation is 1. The van der Waals surface area contributed by atoms with Gasteiger partial charge >= 0.3 is 0 Å². The number of rotatable bonds is 3. The van der Waals surface area contributed by atoms with Crippen LogP contribution in [0.15, 0.2) is 10.7 Å². The number of halogens is 1. The molecule has 94 valence electrons. The zero-order valence-corrected chi connectivity index (χ0v) is 11.5. The summed E-state index contributed by atoms with van der Waals surface area (Å²) >= 11 is 3.32. The molecule has 1 amide bonds. The number of carbonyl (C=O) groups excluding carboxylic acids is 1. The van der Waals surface area contributed by atoms with Gasteiger partial charge in [-0.15, -0.1) is 0 Å². The number of amides is 1. The second-order valence-electron chi connectivity index (χ2n) is 4.31. The number of hydrogen-bond acceptors (Lipinski definition) is 3. The van der Waals surface area contributed by atoms with Crippen molar-refractivity contribution in [1.82, 2.24) is 15.1 Å². The molecule has 0 bridgehead atoms. The fourth-order valence-electron chi connectivity index (χ4n) is 1.98. The third-order valence-corrected chi connectivity index (χ3v) is 3.46. The van der Waals surface area contributed by atoms with Crippen LogP contribution in [0.4, 0.5) is 0 Å². The van der Waals surface area contributed by atoms with E-state index in [9.17, 15) is 4.79 Å². The van der Waals surface area contributed by atoms with Crippen LogP contribution in [0.2, 0.25) is 0 Å². The van der Waals surface area contributed by atoms with Crippen molar-refractivity contribution in [1.29, 1.82) is 0 Å². The smallest absolute Gasteiger partial charge is 0.273 e. The van der Waals surface area contributed by atoms with Crippen LogP contribution < -0.4 is 5.32 Å². The summed E-state index contributed by atoms with van der Waals surface area (Å²) in [4.78, 5) is 12.0. The van der Waals surface area contributed by atoms with Crippen molar-refractivity contribution in [2.75, 3.05) is 6.61 Å². The molecule has 1 fully saturated rings. The Labute approximate surface area is 109 Å². The van der Waals surface area contributed by atoms with E-state index in [1.807, 2.05) is 6.92 Å². The minimum atomic E-state index is -0.166. The quantitative estimate of drug-likeness (QED) is 0.920. The van der Waals surface area contributed by atoms with Crippen LogP contribution in [0.3, 0.4) is 0 Å². The lowest BCUT2D eigenvalue weighted by Crippen LogP contribution is -2.41. The monoisotopic (exact) mass is 301 g/mol. The molecule has 2 rings (SSSR count). The molecular weight excluding hydrogens is 286 g/mol. The second kappa shape index (κ2) is 5.18. The van der Waals surface area contributed by atoms with Gasteiger partial charge in [0.05, 0.1) is 16.6 Å². The lowest BCUT2D eigenvalue weighted by atomic mass is 10.1. The molecule has 2 heterocycles. The molecule has 1 N–H and O–H groups in total. The Morgan fingerprint density at radius 3 is 3.06 bits per heavy atom. The van der Waals surface area contributed by atoms with Crippen LogP contribution in [0.1, 0.15) is 30.3 Å². The molecule has 1 aromatic heterocycles. The van der Waals surface area contributed by atoms with Gasteiger partial charge < -0.3 is 10.1 Å². The summed E-state index contributed by atoms with van der Waals surface area (Å²) in [5.41, 5.74) is 0.414. The molecule has 2 atom stereocenters. The van der Waals surface area contributed by atoms with Gasteiger partial charge in [0.1, 0.15) is 0 Å². The van der Waals surface area contributed by atoms with Gasteiger partial charge in [0.2, 0.25) is 0 Å². The normalized spacial score (nSPS) is 21.5. The Morgan fingerprint density at radius 1 is 1.76 bits per heavy atom. The zero-order chi connectivity index (χ0) is 12.4. The number of carbonyl (C=O) groups is 1. The molecule has 5 nitrogen and oxygen atoms in total. The van der Waals surface area contributed by atoms with Crippen molar-refractivity contribution in [3.05, 3.63) is 16.4 Å². The fraction of sp³-hybridized carbons (Fsp3) is 0.636. The average Bonchev–Trinajstić information content (AvgIpc) is 2.87. The minimum absolute atomic E-state index is 0.0129. The average molecular weight is 302 g/mol. The molecule has 1 saturated heterocycles. The molecule has 0 radical (unpaired) electrons. The van der Waals surface area contributed by atoms with Crippen molar-refractivity contribution in [2.45, 2.75) is 31.9 Å². The van der Waals surface area contributed by atoms with Crippen molar-refractivity contribution in [3.8, 4) is 0 Å². The second-order valence-corrected chi connectivity index (χ2v) is 5.17. The molecule has 1 aromatic rings. The summed E-state index contributed by atoms with van der Waals surface area (Å²) < 4.78 is 7.85. The maximum atomic E-state index is 12.0. The third kappa shape index (κ3) is 2.87. The standard InChI is InChI=1S/C11H16BrN3O2/c1-7(9-4-3-5-17-9)13-11(16)10-8(12)6-15(2)14-10/h6-7,9H,3-5H2,1-2H3,(H,13,16)/t7-,9+/m0/s1. The SMILES string of the molecule is C[C@H](NC(=O)c1nn(C)cc1Br)[C@H]1CCCO1. The predicted octanol–water partition coefficient (Wildman–Crippen LogP) is 1.48. The molecule has 1 aliphatic rings. The van der Waals surface area contributed by atoms with Gasteiger partial charge in [0, 0.05) is 19.9 Å². The van der Waals surface area contributed by atoms with Crippen molar-refractivity contribution in [3.63, 3.8) is 0 Å². The molecule has 0 aromatic carbocycles. The first-order valence-corrected chi connectivity index (χ1v) is 6.49. The molecule has 6 heteroatoms. The highest BCUT2D eigenvalue weighted by molar-refractivity contribution is 9.10. The number of nitrogens with zero attached hydrogens (tertiary/aromatic N) is 2. The molecule has 0 unspecified atom stereocenters. The van der Waals surface area contributed by atoms with Gasteiger partial charge in [-0.3, -0.25) is 9.48 Å². The summed E-state index contributed by atoms with van der Waals surface area (Å²) in [5.74, 6) is -0.166. The zero-order valence-electron chi connectivity index (χ0n) is 9.94. The van der Waals surface area contributed by atoms with Crippen LogP contribution in [-0.2, 0) is 11.8 Å². The number of ether oxygens (including phenoxy) is 1. The van der Waals surface area contributed by atoms with E-state index in [2.05, 4.69) is 26.3 Å². The molecular formula is C11H16BrN3O2. The topological polar surface area (TPSA) is 56.2 Å². The first-order valence-electron chi connectivity index (χ1n) is 5.69. The van der Waals surface area contributed by atoms with E-state index in [1.54, 1.807) is 17.9 Å². The molecule has 17 heavy (non-hydrogen) atoms. The highest BCUT2D eigenvalue weighted by atomic mass is 79.9. The van der Waals surface area contributed by atoms with Gasteiger partial charge in [-0.2, -0.15) is 5.10 Å². The van der Waals surface area contributed by atoms with Gasteiger partial charge in [-0.05, 0) is 35.7 Å².